The number of methoxy groups -OCH3 is 1. The largest absolute Gasteiger partial charge is 0.496 e. The normalized spacial score (nSPS) is 10.9. The van der Waals surface area contributed by atoms with Crippen molar-refractivity contribution >= 4 is 17.2 Å². The molecule has 3 aromatic rings. The third-order valence-corrected chi connectivity index (χ3v) is 4.56. The van der Waals surface area contributed by atoms with Crippen LogP contribution in [0.25, 0.3) is 11.3 Å². The van der Waals surface area contributed by atoms with E-state index in [4.69, 9.17) is 4.74 Å². The predicted octanol–water partition coefficient (Wildman–Crippen LogP) is 5.51. The van der Waals surface area contributed by atoms with Gasteiger partial charge in [0.05, 0.1) is 35.0 Å². The number of nitrogens with zero attached hydrogens (tertiary/aromatic N) is 3. The summed E-state index contributed by atoms with van der Waals surface area (Å²) in [6.45, 7) is 5.66. The van der Waals surface area contributed by atoms with Crippen LogP contribution in [0, 0.1) is 28.7 Å². The number of hydrogen-bond donors (Lipinski definition) is 1. The number of hydrogen-bond acceptors (Lipinski definition) is 6. The van der Waals surface area contributed by atoms with Gasteiger partial charge in [0, 0.05) is 6.20 Å². The van der Waals surface area contributed by atoms with Crippen molar-refractivity contribution in [3.8, 4) is 17.0 Å². The third kappa shape index (κ3) is 3.91. The lowest BCUT2D eigenvalue weighted by atomic mass is 10.0. The lowest BCUT2D eigenvalue weighted by Gasteiger charge is -2.17. The SMILES string of the molecule is COc1cccc(F)c1-c1nc(Nc2c(C)ccnc2C(C)C)c([N+](=O)[O-])cc1F. The Morgan fingerprint density at radius 3 is 2.57 bits per heavy atom. The van der Waals surface area contributed by atoms with E-state index in [9.17, 15) is 18.9 Å². The Balaban J connectivity index is 2.24. The van der Waals surface area contributed by atoms with Gasteiger partial charge in [0.1, 0.15) is 17.3 Å². The molecule has 0 unspecified atom stereocenters. The van der Waals surface area contributed by atoms with E-state index in [0.29, 0.717) is 11.4 Å². The molecule has 3 rings (SSSR count). The molecule has 2 aromatic heterocycles. The number of benzene rings is 1. The average Bonchev–Trinajstić information content (AvgIpc) is 2.70. The van der Waals surface area contributed by atoms with Gasteiger partial charge in [-0.25, -0.2) is 13.8 Å². The minimum atomic E-state index is -1.04. The van der Waals surface area contributed by atoms with Crippen LogP contribution >= 0.6 is 0 Å². The van der Waals surface area contributed by atoms with Crippen LogP contribution < -0.4 is 10.1 Å². The molecule has 30 heavy (non-hydrogen) atoms. The first-order valence-electron chi connectivity index (χ1n) is 9.14. The fourth-order valence-corrected chi connectivity index (χ4v) is 3.09. The highest BCUT2D eigenvalue weighted by molar-refractivity contribution is 5.76. The zero-order valence-electron chi connectivity index (χ0n) is 16.9. The average molecular weight is 414 g/mol. The molecule has 0 atom stereocenters. The Bertz CT molecular complexity index is 1120. The molecular formula is C21H20F2N4O3. The summed E-state index contributed by atoms with van der Waals surface area (Å²) in [5, 5.41) is 14.5. The van der Waals surface area contributed by atoms with Crippen molar-refractivity contribution in [1.29, 1.82) is 0 Å². The molecular weight excluding hydrogens is 394 g/mol. The van der Waals surface area contributed by atoms with E-state index in [1.54, 1.807) is 12.3 Å². The Labute approximate surface area is 171 Å². The van der Waals surface area contributed by atoms with Gasteiger partial charge >= 0.3 is 5.69 Å². The van der Waals surface area contributed by atoms with Gasteiger partial charge in [-0.2, -0.15) is 0 Å². The molecule has 1 N–H and O–H groups in total. The number of nitrogens with one attached hydrogen (secondary N) is 1. The van der Waals surface area contributed by atoms with E-state index < -0.39 is 27.9 Å². The molecule has 0 saturated heterocycles. The molecule has 1 aromatic carbocycles. The van der Waals surface area contributed by atoms with E-state index in [1.807, 2.05) is 20.8 Å². The first-order valence-corrected chi connectivity index (χ1v) is 9.14. The van der Waals surface area contributed by atoms with Gasteiger partial charge in [-0.15, -0.1) is 0 Å². The zero-order valence-corrected chi connectivity index (χ0v) is 16.9. The highest BCUT2D eigenvalue weighted by atomic mass is 19.1. The summed E-state index contributed by atoms with van der Waals surface area (Å²) in [6, 6.07) is 6.46. The zero-order chi connectivity index (χ0) is 22.0. The van der Waals surface area contributed by atoms with Crippen molar-refractivity contribution in [2.24, 2.45) is 0 Å². The van der Waals surface area contributed by atoms with E-state index in [1.165, 1.54) is 19.2 Å². The van der Waals surface area contributed by atoms with Gasteiger partial charge in [-0.3, -0.25) is 15.1 Å². The molecule has 0 spiro atoms. The predicted molar refractivity (Wildman–Crippen MR) is 109 cm³/mol. The van der Waals surface area contributed by atoms with E-state index in [2.05, 4.69) is 15.3 Å². The van der Waals surface area contributed by atoms with Crippen molar-refractivity contribution in [2.45, 2.75) is 26.7 Å². The molecule has 0 amide bonds. The highest BCUT2D eigenvalue weighted by Crippen LogP contribution is 2.38. The minimum absolute atomic E-state index is 0.0121. The number of anilines is 2. The second kappa shape index (κ2) is 8.40. The van der Waals surface area contributed by atoms with Crippen LogP contribution in [0.1, 0.15) is 31.0 Å². The number of halogens is 2. The van der Waals surface area contributed by atoms with Crippen LogP contribution in [0.4, 0.5) is 26.0 Å². The van der Waals surface area contributed by atoms with Gasteiger partial charge in [0.15, 0.2) is 5.82 Å². The van der Waals surface area contributed by atoms with E-state index in [0.717, 1.165) is 17.7 Å². The Morgan fingerprint density at radius 1 is 1.20 bits per heavy atom. The summed E-state index contributed by atoms with van der Waals surface area (Å²) in [7, 11) is 1.31. The van der Waals surface area contributed by atoms with Crippen LogP contribution in [0.5, 0.6) is 5.75 Å². The van der Waals surface area contributed by atoms with Crippen molar-refractivity contribution < 1.29 is 18.4 Å². The van der Waals surface area contributed by atoms with Crippen LogP contribution in [-0.4, -0.2) is 22.0 Å². The van der Waals surface area contributed by atoms with Crippen molar-refractivity contribution in [2.75, 3.05) is 12.4 Å². The quantitative estimate of drug-likeness (QED) is 0.422. The van der Waals surface area contributed by atoms with Gasteiger partial charge in [0.25, 0.3) is 0 Å². The Kier molecular flexibility index (Phi) is 5.91. The van der Waals surface area contributed by atoms with Crippen LogP contribution in [0.15, 0.2) is 36.5 Å². The number of ether oxygens (including phenoxy) is 1. The molecule has 0 aliphatic rings. The standard InChI is InChI=1S/C21H20F2N4O3/c1-11(2)18-19(12(3)8-9-24-18)25-21-15(27(28)29)10-14(23)20(26-21)17-13(22)6-5-7-16(17)30-4/h5-11H,1-4H3,(H,25,26). The molecule has 0 aliphatic heterocycles. The van der Waals surface area contributed by atoms with Gasteiger partial charge in [-0.05, 0) is 36.6 Å². The molecule has 9 heteroatoms. The molecule has 7 nitrogen and oxygen atoms in total. The topological polar surface area (TPSA) is 90.2 Å². The smallest absolute Gasteiger partial charge is 0.314 e. The number of aryl methyl sites for hydroxylation is 1. The van der Waals surface area contributed by atoms with Crippen LogP contribution in [0.2, 0.25) is 0 Å². The molecule has 156 valence electrons. The van der Waals surface area contributed by atoms with Crippen LogP contribution in [0.3, 0.4) is 0 Å². The molecule has 0 aliphatic carbocycles. The highest BCUT2D eigenvalue weighted by Gasteiger charge is 2.26. The second-order valence-electron chi connectivity index (χ2n) is 6.93. The minimum Gasteiger partial charge on any atom is -0.496 e. The number of aromatic nitrogens is 2. The summed E-state index contributed by atoms with van der Waals surface area (Å²) in [5.74, 6) is -1.96. The number of rotatable bonds is 6. The molecule has 0 saturated carbocycles. The first-order chi connectivity index (χ1) is 14.2. The first kappa shape index (κ1) is 21.1. The van der Waals surface area contributed by atoms with Gasteiger partial charge in [-0.1, -0.05) is 19.9 Å². The number of pyridine rings is 2. The van der Waals surface area contributed by atoms with E-state index in [-0.39, 0.29) is 23.0 Å². The monoisotopic (exact) mass is 414 g/mol. The Hall–Kier alpha value is -3.62. The molecule has 0 bridgehead atoms. The lowest BCUT2D eigenvalue weighted by molar-refractivity contribution is -0.384. The maximum absolute atomic E-state index is 14.8. The summed E-state index contributed by atoms with van der Waals surface area (Å²) < 4.78 is 34.4. The fourth-order valence-electron chi connectivity index (χ4n) is 3.09. The van der Waals surface area contributed by atoms with E-state index >= 15 is 0 Å². The fraction of sp³-hybridized carbons (Fsp3) is 0.238. The van der Waals surface area contributed by atoms with Gasteiger partial charge in [0.2, 0.25) is 5.82 Å². The molecule has 0 radical (unpaired) electrons. The summed E-state index contributed by atoms with van der Waals surface area (Å²) >= 11 is 0. The van der Waals surface area contributed by atoms with Gasteiger partial charge < -0.3 is 10.1 Å². The summed E-state index contributed by atoms with van der Waals surface area (Å²) in [4.78, 5) is 19.2. The number of nitro groups is 1. The summed E-state index contributed by atoms with van der Waals surface area (Å²) in [5.41, 5.74) is 0.776. The second-order valence-corrected chi connectivity index (χ2v) is 6.93. The van der Waals surface area contributed by atoms with Crippen molar-refractivity contribution in [1.82, 2.24) is 9.97 Å². The Morgan fingerprint density at radius 2 is 1.93 bits per heavy atom. The van der Waals surface area contributed by atoms with Crippen molar-refractivity contribution in [3.63, 3.8) is 0 Å². The third-order valence-electron chi connectivity index (χ3n) is 4.56. The molecule has 2 heterocycles. The molecule has 0 fully saturated rings. The summed E-state index contributed by atoms with van der Waals surface area (Å²) in [6.07, 6.45) is 1.64. The maximum atomic E-state index is 14.8. The lowest BCUT2D eigenvalue weighted by Crippen LogP contribution is -2.08. The van der Waals surface area contributed by atoms with Crippen LogP contribution in [-0.2, 0) is 0 Å². The van der Waals surface area contributed by atoms with Crippen molar-refractivity contribution in [3.05, 3.63) is 69.5 Å². The maximum Gasteiger partial charge on any atom is 0.314 e.